The zero-order valence-electron chi connectivity index (χ0n) is 9.55. The van der Waals surface area contributed by atoms with Crippen molar-refractivity contribution in [3.05, 3.63) is 35.4 Å². The Hall–Kier alpha value is -0.860. The van der Waals surface area contributed by atoms with Gasteiger partial charge in [-0.2, -0.15) is 0 Å². The number of aryl methyl sites for hydroxylation is 1. The highest BCUT2D eigenvalue weighted by atomic mass is 16.5. The molecule has 82 valence electrons. The molecule has 0 amide bonds. The Kier molecular flexibility index (Phi) is 3.08. The summed E-state index contributed by atoms with van der Waals surface area (Å²) >= 11 is 0. The van der Waals surface area contributed by atoms with E-state index >= 15 is 0 Å². The van der Waals surface area contributed by atoms with Crippen LogP contribution in [-0.2, 0) is 16.6 Å². The molecule has 1 aromatic carbocycles. The topological polar surface area (TPSA) is 21.3 Å². The zero-order valence-corrected chi connectivity index (χ0v) is 9.55. The van der Waals surface area contributed by atoms with Crippen molar-refractivity contribution in [2.24, 2.45) is 0 Å². The third kappa shape index (κ3) is 1.92. The maximum atomic E-state index is 5.36. The van der Waals surface area contributed by atoms with Crippen LogP contribution in [0.15, 0.2) is 24.3 Å². The van der Waals surface area contributed by atoms with Crippen molar-refractivity contribution >= 4 is 0 Å². The van der Waals surface area contributed by atoms with Gasteiger partial charge in [-0.1, -0.05) is 31.2 Å². The maximum Gasteiger partial charge on any atom is 0.0598 e. The summed E-state index contributed by atoms with van der Waals surface area (Å²) in [6, 6.07) is 8.95. The minimum Gasteiger partial charge on any atom is -0.379 e. The highest BCUT2D eigenvalue weighted by Gasteiger charge is 2.39. The van der Waals surface area contributed by atoms with Gasteiger partial charge < -0.3 is 10.1 Å². The summed E-state index contributed by atoms with van der Waals surface area (Å²) in [7, 11) is 2.00. The molecular weight excluding hydrogens is 186 g/mol. The SMILES string of the molecule is CCc1ccc(C2(CNC)COC2)cc1. The van der Waals surface area contributed by atoms with Gasteiger partial charge in [0.15, 0.2) is 0 Å². The van der Waals surface area contributed by atoms with Crippen LogP contribution in [0.5, 0.6) is 0 Å². The average molecular weight is 205 g/mol. The van der Waals surface area contributed by atoms with Crippen LogP contribution < -0.4 is 5.32 Å². The summed E-state index contributed by atoms with van der Waals surface area (Å²) in [4.78, 5) is 0. The molecule has 0 atom stereocenters. The van der Waals surface area contributed by atoms with E-state index in [0.29, 0.717) is 0 Å². The molecule has 2 nitrogen and oxygen atoms in total. The average Bonchev–Trinajstić information content (AvgIpc) is 2.24. The molecule has 1 heterocycles. The number of hydrogen-bond donors (Lipinski definition) is 1. The second kappa shape index (κ2) is 4.33. The highest BCUT2D eigenvalue weighted by Crippen LogP contribution is 2.31. The minimum absolute atomic E-state index is 0.223. The summed E-state index contributed by atoms with van der Waals surface area (Å²) in [5.41, 5.74) is 3.03. The van der Waals surface area contributed by atoms with Crippen molar-refractivity contribution in [1.29, 1.82) is 0 Å². The lowest BCUT2D eigenvalue weighted by atomic mass is 9.78. The van der Waals surface area contributed by atoms with Crippen molar-refractivity contribution in [3.8, 4) is 0 Å². The van der Waals surface area contributed by atoms with Crippen LogP contribution in [0, 0.1) is 0 Å². The first-order valence-electron chi connectivity index (χ1n) is 5.62. The van der Waals surface area contributed by atoms with Gasteiger partial charge in [0.2, 0.25) is 0 Å². The van der Waals surface area contributed by atoms with Gasteiger partial charge in [0.05, 0.1) is 18.6 Å². The number of ether oxygens (including phenoxy) is 1. The molecule has 0 bridgehead atoms. The normalized spacial score (nSPS) is 18.5. The molecular formula is C13H19NO. The van der Waals surface area contributed by atoms with E-state index in [1.807, 2.05) is 7.05 Å². The maximum absolute atomic E-state index is 5.36. The van der Waals surface area contributed by atoms with Gasteiger partial charge in [-0.15, -0.1) is 0 Å². The molecule has 15 heavy (non-hydrogen) atoms. The van der Waals surface area contributed by atoms with Gasteiger partial charge in [0.25, 0.3) is 0 Å². The third-order valence-electron chi connectivity index (χ3n) is 3.25. The van der Waals surface area contributed by atoms with Gasteiger partial charge in [0, 0.05) is 6.54 Å². The molecule has 0 radical (unpaired) electrons. The summed E-state index contributed by atoms with van der Waals surface area (Å²) < 4.78 is 5.36. The van der Waals surface area contributed by atoms with Crippen LogP contribution in [0.1, 0.15) is 18.1 Å². The molecule has 1 fully saturated rings. The number of nitrogens with one attached hydrogen (secondary N) is 1. The standard InChI is InChI=1S/C13H19NO/c1-3-11-4-6-12(7-5-11)13(8-14-2)9-15-10-13/h4-7,14H,3,8-10H2,1-2H3. The Morgan fingerprint density at radius 2 is 1.93 bits per heavy atom. The summed E-state index contributed by atoms with van der Waals surface area (Å²) in [5.74, 6) is 0. The van der Waals surface area contributed by atoms with Crippen molar-refractivity contribution in [2.45, 2.75) is 18.8 Å². The second-order valence-electron chi connectivity index (χ2n) is 4.35. The number of hydrogen-bond acceptors (Lipinski definition) is 2. The fourth-order valence-corrected chi connectivity index (χ4v) is 2.15. The Morgan fingerprint density at radius 1 is 1.27 bits per heavy atom. The zero-order chi connectivity index (χ0) is 10.7. The molecule has 1 saturated heterocycles. The molecule has 0 saturated carbocycles. The Morgan fingerprint density at radius 3 is 2.33 bits per heavy atom. The lowest BCUT2D eigenvalue weighted by Gasteiger charge is -2.42. The third-order valence-corrected chi connectivity index (χ3v) is 3.25. The first kappa shape index (κ1) is 10.7. The van der Waals surface area contributed by atoms with E-state index in [0.717, 1.165) is 26.2 Å². The second-order valence-corrected chi connectivity index (χ2v) is 4.35. The molecule has 1 aliphatic rings. The summed E-state index contributed by atoms with van der Waals surface area (Å²) in [5, 5.41) is 3.26. The van der Waals surface area contributed by atoms with Crippen molar-refractivity contribution < 1.29 is 4.74 Å². The largest absolute Gasteiger partial charge is 0.379 e. The van der Waals surface area contributed by atoms with Crippen LogP contribution >= 0.6 is 0 Å². The molecule has 0 unspecified atom stereocenters. The van der Waals surface area contributed by atoms with Crippen LogP contribution in [0.4, 0.5) is 0 Å². The lowest BCUT2D eigenvalue weighted by molar-refractivity contribution is -0.0582. The van der Waals surface area contributed by atoms with Gasteiger partial charge >= 0.3 is 0 Å². The fourth-order valence-electron chi connectivity index (χ4n) is 2.15. The molecule has 0 aromatic heterocycles. The Labute approximate surface area is 91.6 Å². The Bertz CT molecular complexity index is 314. The van der Waals surface area contributed by atoms with Crippen LogP contribution in [0.3, 0.4) is 0 Å². The predicted molar refractivity (Wildman–Crippen MR) is 62.2 cm³/mol. The number of rotatable bonds is 4. The van der Waals surface area contributed by atoms with Crippen LogP contribution in [0.2, 0.25) is 0 Å². The van der Waals surface area contributed by atoms with Gasteiger partial charge in [-0.25, -0.2) is 0 Å². The quantitative estimate of drug-likeness (QED) is 0.808. The van der Waals surface area contributed by atoms with Gasteiger partial charge in [-0.05, 0) is 24.6 Å². The van der Waals surface area contributed by atoms with Crippen molar-refractivity contribution in [1.82, 2.24) is 5.32 Å². The monoisotopic (exact) mass is 205 g/mol. The lowest BCUT2D eigenvalue weighted by Crippen LogP contribution is -2.52. The van der Waals surface area contributed by atoms with Crippen molar-refractivity contribution in [3.63, 3.8) is 0 Å². The summed E-state index contributed by atoms with van der Waals surface area (Å²) in [6.45, 7) is 4.88. The van der Waals surface area contributed by atoms with E-state index in [9.17, 15) is 0 Å². The number of likely N-dealkylation sites (N-methyl/N-ethyl adjacent to an activating group) is 1. The molecule has 0 aliphatic carbocycles. The van der Waals surface area contributed by atoms with E-state index in [4.69, 9.17) is 4.74 Å². The van der Waals surface area contributed by atoms with E-state index in [1.165, 1.54) is 11.1 Å². The fraction of sp³-hybridized carbons (Fsp3) is 0.538. The van der Waals surface area contributed by atoms with Gasteiger partial charge in [0.1, 0.15) is 0 Å². The minimum atomic E-state index is 0.223. The molecule has 2 rings (SSSR count). The van der Waals surface area contributed by atoms with Crippen LogP contribution in [-0.4, -0.2) is 26.8 Å². The number of benzene rings is 1. The van der Waals surface area contributed by atoms with Crippen molar-refractivity contribution in [2.75, 3.05) is 26.8 Å². The van der Waals surface area contributed by atoms with E-state index in [1.54, 1.807) is 0 Å². The first-order chi connectivity index (χ1) is 7.30. The van der Waals surface area contributed by atoms with Crippen LogP contribution in [0.25, 0.3) is 0 Å². The predicted octanol–water partition coefficient (Wildman–Crippen LogP) is 1.74. The smallest absolute Gasteiger partial charge is 0.0598 e. The van der Waals surface area contributed by atoms with E-state index in [2.05, 4.69) is 36.5 Å². The highest BCUT2D eigenvalue weighted by molar-refractivity contribution is 5.31. The summed E-state index contributed by atoms with van der Waals surface area (Å²) in [6.07, 6.45) is 1.11. The molecule has 0 spiro atoms. The van der Waals surface area contributed by atoms with E-state index < -0.39 is 0 Å². The molecule has 2 heteroatoms. The molecule has 1 aromatic rings. The first-order valence-corrected chi connectivity index (χ1v) is 5.62. The Balaban J connectivity index is 2.19. The molecule has 1 aliphatic heterocycles. The van der Waals surface area contributed by atoms with E-state index in [-0.39, 0.29) is 5.41 Å². The van der Waals surface area contributed by atoms with Gasteiger partial charge in [-0.3, -0.25) is 0 Å². The molecule has 1 N–H and O–H groups in total.